The van der Waals surface area contributed by atoms with Crippen LogP contribution in [0.15, 0.2) is 30.3 Å². The Morgan fingerprint density at radius 1 is 1.24 bits per heavy atom. The second kappa shape index (κ2) is 6.84. The molecule has 7 heteroatoms. The molecule has 0 saturated carbocycles. The van der Waals surface area contributed by atoms with E-state index in [2.05, 4.69) is 0 Å². The Balaban J connectivity index is 2.14. The lowest BCUT2D eigenvalue weighted by Gasteiger charge is -2.17. The van der Waals surface area contributed by atoms with Gasteiger partial charge in [-0.3, -0.25) is 0 Å². The van der Waals surface area contributed by atoms with Crippen LogP contribution in [0.25, 0.3) is 11.1 Å². The van der Waals surface area contributed by atoms with Crippen molar-refractivity contribution in [2.75, 3.05) is 13.2 Å². The molecule has 0 aromatic heterocycles. The fraction of sp³-hybridized carbons (Fsp3) is 0.333. The van der Waals surface area contributed by atoms with E-state index in [4.69, 9.17) is 22.1 Å². The van der Waals surface area contributed by atoms with Gasteiger partial charge in [0.15, 0.2) is 6.67 Å². The Kier molecular flexibility index (Phi) is 4.93. The van der Waals surface area contributed by atoms with Crippen LogP contribution in [0, 0.1) is 5.82 Å². The first-order chi connectivity index (χ1) is 11.9. The van der Waals surface area contributed by atoms with Crippen LogP contribution in [0.3, 0.4) is 0 Å². The molecule has 2 aromatic rings. The summed E-state index contributed by atoms with van der Waals surface area (Å²) >= 11 is 5.81. The van der Waals surface area contributed by atoms with E-state index < -0.39 is 24.0 Å². The Morgan fingerprint density at radius 2 is 2.00 bits per heavy atom. The molecule has 0 radical (unpaired) electrons. The van der Waals surface area contributed by atoms with Crippen LogP contribution in [0.2, 0.25) is 5.02 Å². The number of ether oxygens (including phenoxy) is 1. The van der Waals surface area contributed by atoms with Gasteiger partial charge >= 0.3 is 5.92 Å². The quantitative estimate of drug-likeness (QED) is 0.760. The average molecular weight is 374 g/mol. The number of nitrogens with two attached hydrogens (primary N) is 1. The molecule has 0 bridgehead atoms. The molecule has 0 aliphatic carbocycles. The summed E-state index contributed by atoms with van der Waals surface area (Å²) in [5.41, 5.74) is 6.41. The summed E-state index contributed by atoms with van der Waals surface area (Å²) in [6, 6.07) is 6.35. The highest BCUT2D eigenvalue weighted by Gasteiger charge is 2.35. The molecule has 25 heavy (non-hydrogen) atoms. The van der Waals surface area contributed by atoms with Crippen molar-refractivity contribution in [2.24, 2.45) is 5.73 Å². The maximum atomic E-state index is 13.9. The van der Waals surface area contributed by atoms with Gasteiger partial charge < -0.3 is 10.5 Å². The van der Waals surface area contributed by atoms with Gasteiger partial charge in [0, 0.05) is 17.5 Å². The molecule has 1 unspecified atom stereocenters. The highest BCUT2D eigenvalue weighted by atomic mass is 35.5. The number of rotatable bonds is 5. The van der Waals surface area contributed by atoms with E-state index in [1.165, 1.54) is 24.3 Å². The van der Waals surface area contributed by atoms with E-state index in [1.807, 2.05) is 0 Å². The fourth-order valence-corrected chi connectivity index (χ4v) is 3.13. The summed E-state index contributed by atoms with van der Waals surface area (Å²) in [5, 5.41) is -0.134. The van der Waals surface area contributed by atoms with Crippen molar-refractivity contribution in [3.8, 4) is 16.9 Å². The summed E-state index contributed by atoms with van der Waals surface area (Å²) < 4.78 is 59.9. The highest BCUT2D eigenvalue weighted by Crippen LogP contribution is 2.44. The molecule has 2 aromatic carbocycles. The number of hydrogen-bond donors (Lipinski definition) is 1. The fourth-order valence-electron chi connectivity index (χ4n) is 2.95. The van der Waals surface area contributed by atoms with E-state index in [1.54, 1.807) is 0 Å². The van der Waals surface area contributed by atoms with Gasteiger partial charge in [-0.15, -0.1) is 0 Å². The lowest BCUT2D eigenvalue weighted by atomic mass is 9.95. The summed E-state index contributed by atoms with van der Waals surface area (Å²) in [5.74, 6) is -3.80. The monoisotopic (exact) mass is 373 g/mol. The van der Waals surface area contributed by atoms with Gasteiger partial charge in [0.25, 0.3) is 0 Å². The number of fused-ring (bicyclic) bond motifs is 1. The molecule has 3 rings (SSSR count). The van der Waals surface area contributed by atoms with Gasteiger partial charge in [0.05, 0.1) is 5.02 Å². The zero-order valence-electron chi connectivity index (χ0n) is 13.2. The molecular formula is C18H16ClF4NO. The zero-order chi connectivity index (χ0) is 18.2. The topological polar surface area (TPSA) is 35.2 Å². The molecule has 1 heterocycles. The number of hydrogen-bond acceptors (Lipinski definition) is 2. The van der Waals surface area contributed by atoms with Crippen molar-refractivity contribution in [1.82, 2.24) is 0 Å². The second-order valence-corrected chi connectivity index (χ2v) is 6.41. The molecule has 0 amide bonds. The predicted molar refractivity (Wildman–Crippen MR) is 88.5 cm³/mol. The molecule has 1 aliphatic heterocycles. The normalized spacial score (nSPS) is 16.6. The van der Waals surface area contributed by atoms with Crippen molar-refractivity contribution >= 4 is 11.6 Å². The standard InChI is InChI=1S/C18H16ClF4NO/c19-15-7-10(1-2-16(15)21)14-8-12(18(22,23)9-20)5-11-6-13(3-4-24)25-17(11)14/h1-2,5,7-8,13H,3-4,6,9,24H2. The van der Waals surface area contributed by atoms with E-state index in [9.17, 15) is 17.6 Å². The van der Waals surface area contributed by atoms with Gasteiger partial charge in [-0.2, -0.15) is 8.78 Å². The predicted octanol–water partition coefficient (Wildman–Crippen LogP) is 4.86. The van der Waals surface area contributed by atoms with Gasteiger partial charge in [0.1, 0.15) is 17.7 Å². The minimum atomic E-state index is -3.61. The van der Waals surface area contributed by atoms with Crippen LogP contribution in [0.4, 0.5) is 17.6 Å². The Morgan fingerprint density at radius 3 is 2.64 bits per heavy atom. The van der Waals surface area contributed by atoms with Crippen molar-refractivity contribution in [3.05, 3.63) is 52.3 Å². The molecule has 2 N–H and O–H groups in total. The van der Waals surface area contributed by atoms with Crippen molar-refractivity contribution in [3.63, 3.8) is 0 Å². The van der Waals surface area contributed by atoms with Crippen molar-refractivity contribution in [2.45, 2.75) is 24.9 Å². The number of benzene rings is 2. The summed E-state index contributed by atoms with van der Waals surface area (Å²) in [6.45, 7) is -1.41. The molecular weight excluding hydrogens is 358 g/mol. The summed E-state index contributed by atoms with van der Waals surface area (Å²) in [6.07, 6.45) is 0.738. The lowest BCUT2D eigenvalue weighted by Crippen LogP contribution is -2.17. The van der Waals surface area contributed by atoms with E-state index in [0.717, 1.165) is 6.07 Å². The third-order valence-electron chi connectivity index (χ3n) is 4.21. The Hall–Kier alpha value is -1.79. The lowest BCUT2D eigenvalue weighted by molar-refractivity contribution is -0.0280. The number of halogens is 5. The summed E-state index contributed by atoms with van der Waals surface area (Å²) in [7, 11) is 0. The van der Waals surface area contributed by atoms with Gasteiger partial charge in [-0.1, -0.05) is 17.7 Å². The van der Waals surface area contributed by atoms with E-state index in [0.29, 0.717) is 41.8 Å². The maximum absolute atomic E-state index is 13.9. The molecule has 134 valence electrons. The third kappa shape index (κ3) is 3.46. The van der Waals surface area contributed by atoms with Crippen LogP contribution in [0.5, 0.6) is 5.75 Å². The van der Waals surface area contributed by atoms with Crippen LogP contribution >= 0.6 is 11.6 Å². The van der Waals surface area contributed by atoms with E-state index in [-0.39, 0.29) is 11.1 Å². The SMILES string of the molecule is NCCC1Cc2cc(C(F)(F)CF)cc(-c3ccc(F)c(Cl)c3)c2O1. The van der Waals surface area contributed by atoms with Crippen LogP contribution in [-0.2, 0) is 12.3 Å². The van der Waals surface area contributed by atoms with E-state index >= 15 is 0 Å². The van der Waals surface area contributed by atoms with Crippen molar-refractivity contribution < 1.29 is 22.3 Å². The first-order valence-corrected chi connectivity index (χ1v) is 8.17. The molecule has 1 aliphatic rings. The first-order valence-electron chi connectivity index (χ1n) is 7.79. The van der Waals surface area contributed by atoms with Gasteiger partial charge in [0.2, 0.25) is 0 Å². The minimum Gasteiger partial charge on any atom is -0.489 e. The molecule has 2 nitrogen and oxygen atoms in total. The summed E-state index contributed by atoms with van der Waals surface area (Å²) in [4.78, 5) is 0. The van der Waals surface area contributed by atoms with Crippen LogP contribution in [-0.4, -0.2) is 19.3 Å². The van der Waals surface area contributed by atoms with Gasteiger partial charge in [-0.05, 0) is 48.4 Å². The highest BCUT2D eigenvalue weighted by molar-refractivity contribution is 6.31. The average Bonchev–Trinajstić information content (AvgIpc) is 2.99. The second-order valence-electron chi connectivity index (χ2n) is 6.00. The first kappa shape index (κ1) is 18.0. The molecule has 0 spiro atoms. The minimum absolute atomic E-state index is 0.134. The van der Waals surface area contributed by atoms with Crippen LogP contribution < -0.4 is 10.5 Å². The maximum Gasteiger partial charge on any atom is 0.301 e. The van der Waals surface area contributed by atoms with Gasteiger partial charge in [-0.25, -0.2) is 8.78 Å². The molecule has 0 saturated heterocycles. The Bertz CT molecular complexity index is 797. The smallest absolute Gasteiger partial charge is 0.301 e. The third-order valence-corrected chi connectivity index (χ3v) is 4.50. The molecule has 1 atom stereocenters. The number of alkyl halides is 3. The Labute approximate surface area is 147 Å². The van der Waals surface area contributed by atoms with Crippen LogP contribution in [0.1, 0.15) is 17.5 Å². The van der Waals surface area contributed by atoms with Crippen molar-refractivity contribution in [1.29, 1.82) is 0 Å². The molecule has 0 fully saturated rings. The zero-order valence-corrected chi connectivity index (χ0v) is 13.9. The largest absolute Gasteiger partial charge is 0.489 e.